The van der Waals surface area contributed by atoms with E-state index in [2.05, 4.69) is 26.6 Å². The number of carboxylic acid groups (broad SMARTS) is 1. The molecule has 10 rings (SSSR count). The van der Waals surface area contributed by atoms with Crippen LogP contribution in [-0.2, 0) is 124 Å². The largest absolute Gasteiger partial charge is 0.477 e. The number of carbonyl (C=O) groups is 6. The second-order valence-corrected chi connectivity index (χ2v) is 35.7. The lowest BCUT2D eigenvalue weighted by atomic mass is 9.88. The summed E-state index contributed by atoms with van der Waals surface area (Å²) in [5.74, 6) is -10.6. The number of aliphatic hydroxyl groups excluding tert-OH is 32. The number of aliphatic hydroxyl groups is 32. The molecule has 143 heavy (non-hydrogen) atoms. The van der Waals surface area contributed by atoms with Crippen LogP contribution >= 0.6 is 0 Å². The summed E-state index contributed by atoms with van der Waals surface area (Å²) in [5, 5.41) is 379. The van der Waals surface area contributed by atoms with E-state index in [1.54, 1.807) is 0 Å². The Kier molecular flexibility index (Phi) is 44.0. The van der Waals surface area contributed by atoms with Crippen LogP contribution in [0, 0.1) is 0 Å². The van der Waals surface area contributed by atoms with Gasteiger partial charge in [0.1, 0.15) is 262 Å². The maximum Gasteiger partial charge on any atom is 0.364 e. The molecule has 0 spiro atoms. The van der Waals surface area contributed by atoms with Gasteiger partial charge in [0.15, 0.2) is 56.6 Å². The second kappa shape index (κ2) is 52.7. The van der Waals surface area contributed by atoms with Gasteiger partial charge < -0.3 is 290 Å². The normalized spacial score (nSPS) is 45.5. The first-order valence-corrected chi connectivity index (χ1v) is 45.2. The van der Waals surface area contributed by atoms with Crippen LogP contribution < -0.4 is 26.6 Å². The molecule has 5 amide bonds. The summed E-state index contributed by atoms with van der Waals surface area (Å²) in [6, 6.07) is -9.98. The van der Waals surface area contributed by atoms with Gasteiger partial charge in [-0.15, -0.1) is 0 Å². The minimum atomic E-state index is -3.35. The number of ether oxygens (including phenoxy) is 20. The van der Waals surface area contributed by atoms with Crippen molar-refractivity contribution < 1.29 is 292 Å². The van der Waals surface area contributed by atoms with Crippen molar-refractivity contribution in [3.05, 3.63) is 0 Å². The molecule has 0 aromatic carbocycles. The van der Waals surface area contributed by atoms with Gasteiger partial charge in [-0.25, -0.2) is 4.79 Å². The van der Waals surface area contributed by atoms with Crippen LogP contribution in [0.2, 0.25) is 0 Å². The Morgan fingerprint density at radius 3 is 0.916 bits per heavy atom. The third-order valence-electron chi connectivity index (χ3n) is 25.6. The van der Waals surface area contributed by atoms with Crippen LogP contribution in [0.25, 0.3) is 0 Å². The van der Waals surface area contributed by atoms with Crippen molar-refractivity contribution in [2.75, 3.05) is 79.3 Å². The molecule has 10 aliphatic rings. The molecule has 64 nitrogen and oxygen atoms in total. The summed E-state index contributed by atoms with van der Waals surface area (Å²) in [6.45, 7) is -10.1. The van der Waals surface area contributed by atoms with Crippen LogP contribution in [0.3, 0.4) is 0 Å². The number of carbonyl (C=O) groups excluding carboxylic acids is 5. The molecule has 828 valence electrons. The van der Waals surface area contributed by atoms with Crippen LogP contribution in [0.15, 0.2) is 0 Å². The zero-order chi connectivity index (χ0) is 106. The number of carboxylic acids is 1. The van der Waals surface area contributed by atoms with Gasteiger partial charge in [-0.05, 0) is 0 Å². The number of aliphatic carboxylic acids is 1. The van der Waals surface area contributed by atoms with Crippen molar-refractivity contribution in [1.29, 1.82) is 0 Å². The van der Waals surface area contributed by atoms with E-state index in [1.807, 2.05) is 0 Å². The van der Waals surface area contributed by atoms with Crippen molar-refractivity contribution in [3.8, 4) is 0 Å². The van der Waals surface area contributed by atoms with Gasteiger partial charge in [0.2, 0.25) is 29.5 Å². The molecule has 10 fully saturated rings. The predicted molar refractivity (Wildman–Crippen MR) is 440 cm³/mol. The van der Waals surface area contributed by atoms with Crippen LogP contribution in [0.5, 0.6) is 0 Å². The quantitative estimate of drug-likeness (QED) is 0.0270. The van der Waals surface area contributed by atoms with Crippen molar-refractivity contribution in [3.63, 3.8) is 0 Å². The lowest BCUT2D eigenvalue weighted by molar-refractivity contribution is -0.391. The Labute approximate surface area is 808 Å². The molecule has 38 N–H and O–H groups in total. The molecule has 0 aromatic heterocycles. The number of rotatable bonds is 43. The van der Waals surface area contributed by atoms with E-state index < -0.39 is 458 Å². The molecular formula is C79H133N5O59. The fourth-order valence-corrected chi connectivity index (χ4v) is 18.1. The van der Waals surface area contributed by atoms with Crippen LogP contribution in [-0.4, -0.2) is 620 Å². The molecule has 0 aliphatic carbocycles. The fraction of sp³-hybridized carbons (Fsp3) is 0.924. The van der Waals surface area contributed by atoms with Crippen LogP contribution in [0.4, 0.5) is 0 Å². The van der Waals surface area contributed by atoms with Crippen molar-refractivity contribution in [1.82, 2.24) is 26.6 Å². The summed E-state index contributed by atoms with van der Waals surface area (Å²) in [4.78, 5) is 78.4. The van der Waals surface area contributed by atoms with Crippen molar-refractivity contribution >= 4 is 35.5 Å². The molecule has 0 bridgehead atoms. The number of hydrogen-bond donors (Lipinski definition) is 38. The Morgan fingerprint density at radius 2 is 0.580 bits per heavy atom. The summed E-state index contributed by atoms with van der Waals surface area (Å²) < 4.78 is 118. The minimum absolute atomic E-state index is 0.839. The first kappa shape index (κ1) is 120. The standard InChI is InChI=1S/C79H133N5O59/c1-19(95)80-37-24(100)6-79(78(122)123,142-65(37)43(105)26(102)8-86)143-68-46(108)30(12-90)128-77(59(68)121)139-64-34(16-94)132-72(41(52(64)114)84-23(5)99)141-67-48(110)36(18-125-69-38(81-20(2)96)49(111)61(31(13-91)129-69)136-73-55(117)53(115)44(106)28(10-88)126-73)134-76(58(67)120)138-62-32(14-92)130-70(39(50(62)112)82-21(3)97)124-17-35-47(109)66(57(119)75(133-35)135-60(27(103)9-87)42(104)25(101)7-85)140-71-40(83-22(4)98)51(113)63(33(15-93)131-71)137-74-56(118)54(116)45(107)29(11-89)127-74/h24-77,85-94,100-121H,6-18H2,1-5H3,(H,80,95)(H,81,96)(H,82,97)(H,83,98)(H,84,99)(H,122,123)/t24-,25-,26+,27+,28+,29+,30+,31+,32+,33+,34+,35+,36+,37+,38+,39+,40+,41+,42+,43+,44-,45-,46-,47-,48-,49+,50+,51+,52+,53-,54-,55+,56+,57+,58+,59+,60+,61+,62+,63+,64+,65+,66-,67-,68-,69+,70+,71-,72-,73-,74-,75-,76-,77-,79-/m0/s1. The SMILES string of the molecule is CC(=O)N[C@H]1[C@H](OC[C@H]2O[C@@H](O[C@H]3[C@H](O)[C@@H](NC(C)=O)[C@H](OC[C@H]4O[C@@H](O[C@@H]([C@H](O)[C@@H](O)CO)[C@H](O)CO)[C@H](O)[C@@H](O[C@@H]5O[C@H](CO)[C@@H](O[C@@H]6O[C@H](CO)[C@H](O)[C@H](O)[C@H]6O)[C@H](O)[C@H]5NC(C)=O)[C@H]4O)O[C@@H]3CO)[C@H](O)[C@@H](O[C@@H]3O[C@H](CO)[C@@H](O[C@@H]4O[C@H](CO)[C@H](O)[C@H](O[C@]5(C(=O)O)C[C@H](O)[C@@H](NC(C)=O)[C@H]([C@H](O)[C@H](O)CO)O5)[C@H]4O)[C@H](O)[C@H]3NC(C)=O)[C@H]2O)O[C@H](CO)[C@@H](O[C@@H]2O[C@H](CO)[C@H](O)[C@H](O)[C@H]2O)[C@@H]1O. The second-order valence-electron chi connectivity index (χ2n) is 35.7. The average Bonchev–Trinajstić information content (AvgIpc) is 0.741. The van der Waals surface area contributed by atoms with Crippen LogP contribution in [0.1, 0.15) is 41.0 Å². The molecule has 0 unspecified atom stereocenters. The molecular weight excluding hydrogens is 1960 g/mol. The molecule has 64 heteroatoms. The topological polar surface area (TPSA) is 1010 Å². The molecule has 0 radical (unpaired) electrons. The number of hydrogen-bond acceptors (Lipinski definition) is 58. The third kappa shape index (κ3) is 27.3. The van der Waals surface area contributed by atoms with Gasteiger partial charge in [-0.3, -0.25) is 24.0 Å². The highest BCUT2D eigenvalue weighted by atomic mass is 16.8. The summed E-state index contributed by atoms with van der Waals surface area (Å²) in [6.07, 6.45) is -110. The Balaban J connectivity index is 0.963. The lowest BCUT2D eigenvalue weighted by Crippen LogP contribution is -2.71. The molecule has 55 atom stereocenters. The van der Waals surface area contributed by atoms with E-state index in [0.717, 1.165) is 34.6 Å². The monoisotopic (exact) mass is 2100 g/mol. The molecule has 10 aliphatic heterocycles. The molecule has 10 saturated heterocycles. The maximum absolute atomic E-state index is 13.4. The van der Waals surface area contributed by atoms with Gasteiger partial charge in [0.05, 0.1) is 91.4 Å². The van der Waals surface area contributed by atoms with Gasteiger partial charge in [-0.1, -0.05) is 0 Å². The summed E-state index contributed by atoms with van der Waals surface area (Å²) in [7, 11) is 0. The average molecular weight is 2100 g/mol. The van der Waals surface area contributed by atoms with Gasteiger partial charge in [-0.2, -0.15) is 0 Å². The summed E-state index contributed by atoms with van der Waals surface area (Å²) in [5.41, 5.74) is 0. The number of amides is 5. The maximum atomic E-state index is 13.4. The van der Waals surface area contributed by atoms with Gasteiger partial charge in [0.25, 0.3) is 5.79 Å². The first-order valence-electron chi connectivity index (χ1n) is 45.2. The zero-order valence-electron chi connectivity index (χ0n) is 76.7. The Morgan fingerprint density at radius 1 is 0.301 bits per heavy atom. The van der Waals surface area contributed by atoms with Gasteiger partial charge in [0, 0.05) is 41.0 Å². The highest BCUT2D eigenvalue weighted by molar-refractivity contribution is 5.77. The van der Waals surface area contributed by atoms with E-state index in [1.165, 1.54) is 0 Å². The third-order valence-corrected chi connectivity index (χ3v) is 25.6. The Bertz CT molecular complexity index is 3970. The molecule has 10 heterocycles. The van der Waals surface area contributed by atoms with Crippen molar-refractivity contribution in [2.24, 2.45) is 0 Å². The zero-order valence-corrected chi connectivity index (χ0v) is 76.7. The van der Waals surface area contributed by atoms with Gasteiger partial charge >= 0.3 is 5.97 Å². The van der Waals surface area contributed by atoms with E-state index in [-0.39, 0.29) is 0 Å². The van der Waals surface area contributed by atoms with Crippen molar-refractivity contribution in [2.45, 2.75) is 378 Å². The highest BCUT2D eigenvalue weighted by Gasteiger charge is 2.65. The number of nitrogens with one attached hydrogen (secondary N) is 5. The lowest BCUT2D eigenvalue weighted by Gasteiger charge is -2.51. The minimum Gasteiger partial charge on any atom is -0.477 e. The van der Waals surface area contributed by atoms with E-state index in [0.29, 0.717) is 0 Å². The summed E-state index contributed by atoms with van der Waals surface area (Å²) >= 11 is 0. The smallest absolute Gasteiger partial charge is 0.364 e. The highest BCUT2D eigenvalue weighted by Crippen LogP contribution is 2.43. The fourth-order valence-electron chi connectivity index (χ4n) is 18.1. The van der Waals surface area contributed by atoms with E-state index in [9.17, 15) is 197 Å². The molecule has 0 saturated carbocycles. The first-order chi connectivity index (χ1) is 67.5. The predicted octanol–water partition coefficient (Wildman–Crippen LogP) is -25.4. The molecule has 0 aromatic rings. The Hall–Kier alpha value is -5.26. The van der Waals surface area contributed by atoms with E-state index >= 15 is 0 Å². The van der Waals surface area contributed by atoms with E-state index in [4.69, 9.17) is 94.7 Å².